The van der Waals surface area contributed by atoms with Crippen molar-refractivity contribution in [3.8, 4) is 12.3 Å². The first-order valence-corrected chi connectivity index (χ1v) is 32.0. The fraction of sp³-hybridized carbons (Fsp3) is 0.683. The van der Waals surface area contributed by atoms with Crippen molar-refractivity contribution in [3.05, 3.63) is 83.4 Å². The second-order valence-corrected chi connectivity index (χ2v) is 26.3. The molecular formula is C63H103NSi. The van der Waals surface area contributed by atoms with Crippen molar-refractivity contribution in [2.24, 2.45) is 0 Å². The van der Waals surface area contributed by atoms with Crippen LogP contribution < -0.4 is 10.1 Å². The van der Waals surface area contributed by atoms with Crippen molar-refractivity contribution < 1.29 is 0 Å². The monoisotopic (exact) mass is 902 g/mol. The molecule has 0 heterocycles. The molecule has 1 nitrogen and oxygen atoms in total. The van der Waals surface area contributed by atoms with E-state index in [0.29, 0.717) is 0 Å². The van der Waals surface area contributed by atoms with E-state index in [9.17, 15) is 0 Å². The molecule has 0 atom stereocenters. The Morgan fingerprint density at radius 1 is 0.369 bits per heavy atom. The van der Waals surface area contributed by atoms with Crippen molar-refractivity contribution in [1.82, 2.24) is 0 Å². The van der Waals surface area contributed by atoms with Gasteiger partial charge in [-0.15, -0.1) is 6.42 Å². The highest BCUT2D eigenvalue weighted by Gasteiger charge is 2.24. The van der Waals surface area contributed by atoms with Crippen LogP contribution in [0.3, 0.4) is 0 Å². The van der Waals surface area contributed by atoms with E-state index in [0.717, 1.165) is 24.1 Å². The summed E-state index contributed by atoms with van der Waals surface area (Å²) < 4.78 is 0. The van der Waals surface area contributed by atoms with Crippen LogP contribution in [0.5, 0.6) is 0 Å². The van der Waals surface area contributed by atoms with E-state index in [1.165, 1.54) is 259 Å². The minimum absolute atomic E-state index is 1.05. The number of anilines is 3. The quantitative estimate of drug-likeness (QED) is 0.0311. The third-order valence-electron chi connectivity index (χ3n) is 14.3. The summed E-state index contributed by atoms with van der Waals surface area (Å²) in [4.78, 5) is 2.42. The SMILES string of the molecule is C#Cc1c(N(c2ccc(CCCCCCCCCCCCCCCCCCCC)cc2)c2ccc(CCCCCCCCCCCCCCCCCCCC)cc2)cccc1[Si](C)(C)C. The fourth-order valence-electron chi connectivity index (χ4n) is 10.0. The van der Waals surface area contributed by atoms with Crippen molar-refractivity contribution >= 4 is 30.3 Å². The van der Waals surface area contributed by atoms with Crippen LogP contribution in [0.1, 0.15) is 262 Å². The molecule has 65 heavy (non-hydrogen) atoms. The summed E-state index contributed by atoms with van der Waals surface area (Å²) in [5, 5.41) is 1.36. The van der Waals surface area contributed by atoms with Gasteiger partial charge in [-0.3, -0.25) is 0 Å². The standard InChI is InChI=1S/C63H103NSi/c1-7-10-12-14-16-18-20-22-24-26-28-30-32-34-36-38-40-42-45-57-49-53-59(54-50-57)64(62-47-44-48-63(61(62)9-3)65(4,5)6)60-55-51-58(52-56-60)46-43-41-39-37-35-33-31-29-27-25-23-21-19-17-15-13-11-8-2/h3,44,47-56H,7-8,10-43,45-46H2,1-2,4-6H3. The Balaban J connectivity index is 1.38. The summed E-state index contributed by atoms with van der Waals surface area (Å²) in [6.45, 7) is 11.8. The predicted molar refractivity (Wildman–Crippen MR) is 297 cm³/mol. The van der Waals surface area contributed by atoms with Crippen molar-refractivity contribution in [3.63, 3.8) is 0 Å². The van der Waals surface area contributed by atoms with Gasteiger partial charge in [-0.2, -0.15) is 0 Å². The third-order valence-corrected chi connectivity index (χ3v) is 16.3. The molecule has 3 aromatic rings. The van der Waals surface area contributed by atoms with Gasteiger partial charge < -0.3 is 4.90 Å². The van der Waals surface area contributed by atoms with E-state index >= 15 is 0 Å². The van der Waals surface area contributed by atoms with Gasteiger partial charge in [0.05, 0.1) is 13.8 Å². The normalized spacial score (nSPS) is 11.6. The maximum Gasteiger partial charge on any atom is 0.0793 e. The Bertz CT molecular complexity index is 1510. The zero-order valence-electron chi connectivity index (χ0n) is 43.7. The summed E-state index contributed by atoms with van der Waals surface area (Å²) in [6.07, 6.45) is 59.8. The number of nitrogens with zero attached hydrogens (tertiary/aromatic N) is 1. The minimum Gasteiger partial charge on any atom is -0.309 e. The highest BCUT2D eigenvalue weighted by molar-refractivity contribution is 6.89. The first kappa shape index (κ1) is 56.6. The van der Waals surface area contributed by atoms with Crippen LogP contribution in [-0.4, -0.2) is 8.07 Å². The topological polar surface area (TPSA) is 3.24 Å². The number of hydrogen-bond donors (Lipinski definition) is 0. The lowest BCUT2D eigenvalue weighted by Crippen LogP contribution is -2.40. The highest BCUT2D eigenvalue weighted by Crippen LogP contribution is 2.37. The summed E-state index contributed by atoms with van der Waals surface area (Å²) in [7, 11) is -1.65. The second-order valence-electron chi connectivity index (χ2n) is 21.3. The van der Waals surface area contributed by atoms with Gasteiger partial charge >= 0.3 is 0 Å². The van der Waals surface area contributed by atoms with E-state index < -0.39 is 8.07 Å². The van der Waals surface area contributed by atoms with Crippen LogP contribution in [0, 0.1) is 12.3 Å². The van der Waals surface area contributed by atoms with Crippen molar-refractivity contribution in [2.45, 2.75) is 277 Å². The molecule has 0 aliphatic carbocycles. The fourth-order valence-corrected chi connectivity index (χ4v) is 11.6. The maximum atomic E-state index is 6.35. The molecule has 3 aromatic carbocycles. The van der Waals surface area contributed by atoms with Gasteiger partial charge in [0.2, 0.25) is 0 Å². The van der Waals surface area contributed by atoms with Gasteiger partial charge in [0.1, 0.15) is 0 Å². The Morgan fingerprint density at radius 3 is 0.908 bits per heavy atom. The van der Waals surface area contributed by atoms with Crippen molar-refractivity contribution in [1.29, 1.82) is 0 Å². The molecule has 0 amide bonds. The molecule has 0 spiro atoms. The van der Waals surface area contributed by atoms with Gasteiger partial charge in [-0.25, -0.2) is 0 Å². The highest BCUT2D eigenvalue weighted by atomic mass is 28.3. The lowest BCUT2D eigenvalue weighted by molar-refractivity contribution is 0.525. The predicted octanol–water partition coefficient (Wildman–Crippen LogP) is 20.9. The van der Waals surface area contributed by atoms with Crippen LogP contribution in [0.25, 0.3) is 0 Å². The van der Waals surface area contributed by atoms with Gasteiger partial charge in [0.25, 0.3) is 0 Å². The van der Waals surface area contributed by atoms with Crippen LogP contribution in [-0.2, 0) is 12.8 Å². The van der Waals surface area contributed by atoms with Gasteiger partial charge in [-0.1, -0.05) is 294 Å². The number of hydrogen-bond acceptors (Lipinski definition) is 1. The average molecular weight is 903 g/mol. The zero-order chi connectivity index (χ0) is 46.5. The van der Waals surface area contributed by atoms with E-state index in [2.05, 4.69) is 111 Å². The van der Waals surface area contributed by atoms with E-state index in [1.54, 1.807) is 0 Å². The van der Waals surface area contributed by atoms with Crippen LogP contribution in [0.15, 0.2) is 66.7 Å². The summed E-state index contributed by atoms with van der Waals surface area (Å²) in [5.41, 5.74) is 7.44. The Morgan fingerprint density at radius 2 is 0.646 bits per heavy atom. The molecule has 0 aromatic heterocycles. The van der Waals surface area contributed by atoms with Gasteiger partial charge in [0, 0.05) is 16.9 Å². The van der Waals surface area contributed by atoms with Crippen LogP contribution >= 0.6 is 0 Å². The van der Waals surface area contributed by atoms with E-state index in [-0.39, 0.29) is 0 Å². The average Bonchev–Trinajstić information content (AvgIpc) is 3.31. The molecule has 0 N–H and O–H groups in total. The molecule has 0 unspecified atom stereocenters. The van der Waals surface area contributed by atoms with Gasteiger partial charge in [-0.05, 0) is 72.3 Å². The molecule has 0 fully saturated rings. The molecular weight excluding hydrogens is 799 g/mol. The lowest BCUT2D eigenvalue weighted by Gasteiger charge is -2.30. The molecule has 0 radical (unpaired) electrons. The van der Waals surface area contributed by atoms with Crippen molar-refractivity contribution in [2.75, 3.05) is 4.90 Å². The third kappa shape index (κ3) is 25.8. The molecule has 0 saturated carbocycles. The van der Waals surface area contributed by atoms with E-state index in [1.807, 2.05) is 0 Å². The number of rotatable bonds is 42. The van der Waals surface area contributed by atoms with Crippen LogP contribution in [0.4, 0.5) is 17.1 Å². The molecule has 2 heteroatoms. The molecule has 0 aliphatic rings. The first-order valence-electron chi connectivity index (χ1n) is 28.5. The smallest absolute Gasteiger partial charge is 0.0793 e. The zero-order valence-corrected chi connectivity index (χ0v) is 44.7. The molecule has 364 valence electrons. The second kappa shape index (κ2) is 37.2. The Hall–Kier alpha value is -2.76. The van der Waals surface area contributed by atoms with Gasteiger partial charge in [0.15, 0.2) is 0 Å². The lowest BCUT2D eigenvalue weighted by atomic mass is 10.0. The first-order chi connectivity index (χ1) is 31.9. The molecule has 0 aliphatic heterocycles. The number of terminal acetylenes is 1. The largest absolute Gasteiger partial charge is 0.309 e. The molecule has 0 saturated heterocycles. The number of aryl methyl sites for hydroxylation is 2. The Labute approximate surface area is 406 Å². The maximum absolute atomic E-state index is 6.35. The Kier molecular flexibility index (Phi) is 32.4. The summed E-state index contributed by atoms with van der Waals surface area (Å²) >= 11 is 0. The minimum atomic E-state index is -1.65. The van der Waals surface area contributed by atoms with E-state index in [4.69, 9.17) is 6.42 Å². The summed E-state index contributed by atoms with van der Waals surface area (Å²) in [6, 6.07) is 25.5. The molecule has 3 rings (SSSR count). The summed E-state index contributed by atoms with van der Waals surface area (Å²) in [5.74, 6) is 3.16. The molecule has 0 bridgehead atoms. The number of benzene rings is 3. The van der Waals surface area contributed by atoms with Crippen LogP contribution in [0.2, 0.25) is 19.6 Å². The number of unbranched alkanes of at least 4 members (excludes halogenated alkanes) is 34.